The summed E-state index contributed by atoms with van der Waals surface area (Å²) in [5, 5.41) is 3.35. The molecule has 3 aliphatic rings. The predicted molar refractivity (Wildman–Crippen MR) is 91.8 cm³/mol. The van der Waals surface area contributed by atoms with Crippen LogP contribution in [0.5, 0.6) is 0 Å². The first kappa shape index (κ1) is 16.1. The minimum Gasteiger partial charge on any atom is -0.353 e. The average Bonchev–Trinajstić information content (AvgIpc) is 3.20. The van der Waals surface area contributed by atoms with Gasteiger partial charge in [0.1, 0.15) is 5.82 Å². The molecule has 1 N–H and O–H groups in total. The van der Waals surface area contributed by atoms with Gasteiger partial charge < -0.3 is 5.32 Å². The van der Waals surface area contributed by atoms with E-state index < -0.39 is 0 Å². The summed E-state index contributed by atoms with van der Waals surface area (Å²) in [5.41, 5.74) is 1.14. The maximum atomic E-state index is 13.0. The number of halogens is 1. The van der Waals surface area contributed by atoms with E-state index in [2.05, 4.69) is 10.2 Å². The van der Waals surface area contributed by atoms with Crippen LogP contribution < -0.4 is 5.32 Å². The average molecular weight is 330 g/mol. The van der Waals surface area contributed by atoms with E-state index in [1.807, 2.05) is 12.1 Å². The summed E-state index contributed by atoms with van der Waals surface area (Å²) in [6.07, 6.45) is 7.10. The number of nitrogens with zero attached hydrogens (tertiary/aromatic N) is 1. The first-order valence-electron chi connectivity index (χ1n) is 9.44. The van der Waals surface area contributed by atoms with Gasteiger partial charge in [0.05, 0.1) is 0 Å². The number of fused-ring (bicyclic) bond motifs is 2. The van der Waals surface area contributed by atoms with Crippen LogP contribution in [0.1, 0.15) is 44.1 Å². The van der Waals surface area contributed by atoms with Crippen molar-refractivity contribution in [3.05, 3.63) is 35.6 Å². The third-order valence-corrected chi connectivity index (χ3v) is 6.34. The minimum atomic E-state index is -0.185. The van der Waals surface area contributed by atoms with Gasteiger partial charge in [-0.05, 0) is 74.7 Å². The van der Waals surface area contributed by atoms with Crippen molar-refractivity contribution >= 4 is 5.91 Å². The lowest BCUT2D eigenvalue weighted by molar-refractivity contribution is -0.127. The highest BCUT2D eigenvalue weighted by Crippen LogP contribution is 2.44. The highest BCUT2D eigenvalue weighted by molar-refractivity contribution is 5.79. The lowest BCUT2D eigenvalue weighted by atomic mass is 9.92. The van der Waals surface area contributed by atoms with Crippen molar-refractivity contribution in [3.63, 3.8) is 0 Å². The third-order valence-electron chi connectivity index (χ3n) is 6.34. The quantitative estimate of drug-likeness (QED) is 0.918. The molecule has 24 heavy (non-hydrogen) atoms. The zero-order valence-corrected chi connectivity index (χ0v) is 14.2. The molecule has 0 unspecified atom stereocenters. The van der Waals surface area contributed by atoms with Crippen LogP contribution in [0.15, 0.2) is 24.3 Å². The maximum absolute atomic E-state index is 13.0. The lowest BCUT2D eigenvalue weighted by Crippen LogP contribution is -2.45. The number of amides is 1. The molecule has 3 fully saturated rings. The van der Waals surface area contributed by atoms with E-state index >= 15 is 0 Å². The molecule has 0 aromatic heterocycles. The Morgan fingerprint density at radius 3 is 2.46 bits per heavy atom. The van der Waals surface area contributed by atoms with Gasteiger partial charge in [-0.1, -0.05) is 18.6 Å². The number of piperidine rings is 1. The van der Waals surface area contributed by atoms with E-state index in [9.17, 15) is 9.18 Å². The molecular weight excluding hydrogens is 303 g/mol. The zero-order valence-electron chi connectivity index (χ0n) is 14.2. The second-order valence-corrected chi connectivity index (χ2v) is 7.97. The van der Waals surface area contributed by atoms with Crippen LogP contribution in [0.4, 0.5) is 4.39 Å². The van der Waals surface area contributed by atoms with Crippen molar-refractivity contribution in [3.8, 4) is 0 Å². The summed E-state index contributed by atoms with van der Waals surface area (Å²) in [5.74, 6) is 1.90. The Morgan fingerprint density at radius 2 is 1.83 bits per heavy atom. The Balaban J connectivity index is 1.23. The number of carbonyl (C=O) groups excluding carboxylic acids is 1. The molecule has 1 aromatic carbocycles. The highest BCUT2D eigenvalue weighted by Gasteiger charge is 2.40. The summed E-state index contributed by atoms with van der Waals surface area (Å²) in [7, 11) is 0. The van der Waals surface area contributed by atoms with Gasteiger partial charge in [0.2, 0.25) is 5.91 Å². The number of hydrogen-bond acceptors (Lipinski definition) is 2. The molecule has 0 radical (unpaired) electrons. The monoisotopic (exact) mass is 330 g/mol. The van der Waals surface area contributed by atoms with E-state index in [1.165, 1.54) is 37.8 Å². The summed E-state index contributed by atoms with van der Waals surface area (Å²) in [6, 6.07) is 7.19. The van der Waals surface area contributed by atoms with E-state index in [1.54, 1.807) is 0 Å². The molecule has 3 nitrogen and oxygen atoms in total. The van der Waals surface area contributed by atoms with Crippen molar-refractivity contribution < 1.29 is 9.18 Å². The van der Waals surface area contributed by atoms with Crippen molar-refractivity contribution in [1.82, 2.24) is 10.2 Å². The molecule has 2 bridgehead atoms. The number of hydrogen-bond donors (Lipinski definition) is 1. The van der Waals surface area contributed by atoms with Crippen molar-refractivity contribution in [1.29, 1.82) is 0 Å². The smallest absolute Gasteiger partial charge is 0.223 e. The summed E-state index contributed by atoms with van der Waals surface area (Å²) >= 11 is 0. The fraction of sp³-hybridized carbons (Fsp3) is 0.650. The molecule has 1 aromatic rings. The van der Waals surface area contributed by atoms with Crippen LogP contribution in [0.25, 0.3) is 0 Å². The third kappa shape index (κ3) is 3.49. The van der Waals surface area contributed by atoms with Gasteiger partial charge in [-0.25, -0.2) is 4.39 Å². The van der Waals surface area contributed by atoms with E-state index in [4.69, 9.17) is 0 Å². The number of carbonyl (C=O) groups is 1. The van der Waals surface area contributed by atoms with Crippen LogP contribution in [-0.2, 0) is 11.3 Å². The first-order valence-corrected chi connectivity index (χ1v) is 9.44. The maximum Gasteiger partial charge on any atom is 0.223 e. The molecule has 2 saturated carbocycles. The topological polar surface area (TPSA) is 32.3 Å². The highest BCUT2D eigenvalue weighted by atomic mass is 19.1. The Morgan fingerprint density at radius 1 is 1.08 bits per heavy atom. The molecule has 1 aliphatic heterocycles. The summed E-state index contributed by atoms with van der Waals surface area (Å²) in [6.45, 7) is 2.75. The molecule has 1 heterocycles. The number of benzene rings is 1. The SMILES string of the molecule is O=C(N[C@H]1C[C@H]2CC[C@H]1C2)C1CCN(Cc2ccc(F)cc2)CC1. The molecule has 0 spiro atoms. The minimum absolute atomic E-state index is 0.175. The van der Waals surface area contributed by atoms with Crippen LogP contribution in [0, 0.1) is 23.6 Å². The second-order valence-electron chi connectivity index (χ2n) is 7.97. The van der Waals surface area contributed by atoms with Crippen molar-refractivity contribution in [2.45, 2.75) is 51.1 Å². The lowest BCUT2D eigenvalue weighted by Gasteiger charge is -2.32. The normalized spacial score (nSPS) is 30.6. The van der Waals surface area contributed by atoms with Gasteiger partial charge in [0, 0.05) is 18.5 Å². The number of nitrogens with one attached hydrogen (secondary N) is 1. The standard InChI is InChI=1S/C20H27FN2O/c21-18-5-2-14(3-6-18)13-23-9-7-16(8-10-23)20(24)22-19-12-15-1-4-17(19)11-15/h2-3,5-6,15-17,19H,1,4,7-13H2,(H,22,24)/t15-,17-,19-/m0/s1. The fourth-order valence-corrected chi connectivity index (χ4v) is 4.92. The van der Waals surface area contributed by atoms with Gasteiger partial charge in [0.15, 0.2) is 0 Å². The molecule has 2 aliphatic carbocycles. The Labute approximate surface area is 143 Å². The Bertz CT molecular complexity index is 580. The van der Waals surface area contributed by atoms with Crippen molar-refractivity contribution in [2.75, 3.05) is 13.1 Å². The molecular formula is C20H27FN2O. The van der Waals surface area contributed by atoms with Crippen LogP contribution in [-0.4, -0.2) is 29.9 Å². The predicted octanol–water partition coefficient (Wildman–Crippen LogP) is 3.34. The van der Waals surface area contributed by atoms with Gasteiger partial charge in [-0.2, -0.15) is 0 Å². The van der Waals surface area contributed by atoms with Crippen LogP contribution in [0.3, 0.4) is 0 Å². The second kappa shape index (κ2) is 6.83. The Hall–Kier alpha value is -1.42. The first-order chi connectivity index (χ1) is 11.7. The fourth-order valence-electron chi connectivity index (χ4n) is 4.92. The Kier molecular flexibility index (Phi) is 4.57. The van der Waals surface area contributed by atoms with E-state index in [-0.39, 0.29) is 17.6 Å². The van der Waals surface area contributed by atoms with Crippen molar-refractivity contribution in [2.24, 2.45) is 17.8 Å². The van der Waals surface area contributed by atoms with Gasteiger partial charge in [0.25, 0.3) is 0 Å². The van der Waals surface area contributed by atoms with E-state index in [0.717, 1.165) is 49.9 Å². The van der Waals surface area contributed by atoms with Gasteiger partial charge >= 0.3 is 0 Å². The number of likely N-dealkylation sites (tertiary alicyclic amines) is 1. The summed E-state index contributed by atoms with van der Waals surface area (Å²) in [4.78, 5) is 14.9. The number of rotatable bonds is 4. The largest absolute Gasteiger partial charge is 0.353 e. The van der Waals surface area contributed by atoms with Gasteiger partial charge in [-0.3, -0.25) is 9.69 Å². The zero-order chi connectivity index (χ0) is 16.5. The molecule has 1 saturated heterocycles. The molecule has 3 atom stereocenters. The van der Waals surface area contributed by atoms with Crippen LogP contribution in [0.2, 0.25) is 0 Å². The van der Waals surface area contributed by atoms with E-state index in [0.29, 0.717) is 6.04 Å². The molecule has 1 amide bonds. The molecule has 130 valence electrons. The summed E-state index contributed by atoms with van der Waals surface area (Å²) < 4.78 is 13.0. The molecule has 4 heteroatoms. The van der Waals surface area contributed by atoms with Crippen LogP contribution >= 0.6 is 0 Å². The van der Waals surface area contributed by atoms with Gasteiger partial charge in [-0.15, -0.1) is 0 Å². The molecule has 4 rings (SSSR count).